The lowest BCUT2D eigenvalue weighted by Crippen LogP contribution is -2.44. The van der Waals surface area contributed by atoms with E-state index in [1.54, 1.807) is 25.4 Å². The minimum Gasteiger partial charge on any atom is -0.497 e. The molecule has 3 aromatic rings. The van der Waals surface area contributed by atoms with Crippen LogP contribution in [0.15, 0.2) is 59.5 Å². The molecule has 1 saturated carbocycles. The zero-order valence-electron chi connectivity index (χ0n) is 17.7. The minimum atomic E-state index is -0.157. The zero-order chi connectivity index (χ0) is 21.3. The van der Waals surface area contributed by atoms with Crippen LogP contribution in [0.25, 0.3) is 16.5 Å². The fraction of sp³-hybridized carbons (Fsp3) is 0.360. The summed E-state index contributed by atoms with van der Waals surface area (Å²) in [6.07, 6.45) is 4.98. The molecule has 1 N–H and O–H groups in total. The molecule has 3 atom stereocenters. The number of amides is 1. The summed E-state index contributed by atoms with van der Waals surface area (Å²) < 4.78 is 6.84. The summed E-state index contributed by atoms with van der Waals surface area (Å²) in [6.45, 7) is 4.46. The highest BCUT2D eigenvalue weighted by atomic mass is 16.5. The number of nitrogens with zero attached hydrogens (tertiary/aromatic N) is 1. The Balaban J connectivity index is 1.80. The van der Waals surface area contributed by atoms with Crippen LogP contribution in [0.1, 0.15) is 43.5 Å². The highest BCUT2D eigenvalue weighted by molar-refractivity contribution is 6.06. The summed E-state index contributed by atoms with van der Waals surface area (Å²) in [7, 11) is 1.59. The number of fused-ring (bicyclic) bond motifs is 1. The maximum Gasteiger partial charge on any atom is 0.262 e. The van der Waals surface area contributed by atoms with Crippen LogP contribution in [-0.4, -0.2) is 23.6 Å². The first-order valence-corrected chi connectivity index (χ1v) is 10.6. The van der Waals surface area contributed by atoms with Gasteiger partial charge in [-0.2, -0.15) is 0 Å². The lowest BCUT2D eigenvalue weighted by Gasteiger charge is -2.34. The molecule has 0 saturated heterocycles. The maximum absolute atomic E-state index is 13.3. The van der Waals surface area contributed by atoms with E-state index >= 15 is 0 Å². The third-order valence-electron chi connectivity index (χ3n) is 6.52. The van der Waals surface area contributed by atoms with E-state index in [4.69, 9.17) is 4.74 Å². The van der Waals surface area contributed by atoms with Crippen molar-refractivity contribution in [2.45, 2.75) is 39.2 Å². The van der Waals surface area contributed by atoms with Gasteiger partial charge in [0.2, 0.25) is 0 Å². The quantitative estimate of drug-likeness (QED) is 0.694. The van der Waals surface area contributed by atoms with Gasteiger partial charge < -0.3 is 10.1 Å². The first-order valence-electron chi connectivity index (χ1n) is 10.6. The Morgan fingerprint density at radius 2 is 1.83 bits per heavy atom. The number of rotatable bonds is 4. The van der Waals surface area contributed by atoms with Crippen LogP contribution in [0.5, 0.6) is 5.75 Å². The van der Waals surface area contributed by atoms with Gasteiger partial charge in [0.25, 0.3) is 11.5 Å². The molecule has 1 aromatic heterocycles. The van der Waals surface area contributed by atoms with Crippen molar-refractivity contribution in [1.82, 2.24) is 9.88 Å². The van der Waals surface area contributed by atoms with Crippen molar-refractivity contribution in [3.05, 3.63) is 70.6 Å². The fourth-order valence-electron chi connectivity index (χ4n) is 4.46. The van der Waals surface area contributed by atoms with E-state index < -0.39 is 0 Å². The smallest absolute Gasteiger partial charge is 0.262 e. The molecule has 0 aliphatic heterocycles. The number of carbonyl (C=O) groups is 1. The first-order chi connectivity index (χ1) is 14.5. The van der Waals surface area contributed by atoms with Gasteiger partial charge in [-0.15, -0.1) is 0 Å². The average molecular weight is 405 g/mol. The molecule has 30 heavy (non-hydrogen) atoms. The van der Waals surface area contributed by atoms with Gasteiger partial charge in [-0.05, 0) is 36.5 Å². The Labute approximate surface area is 176 Å². The van der Waals surface area contributed by atoms with Gasteiger partial charge in [0.15, 0.2) is 0 Å². The molecule has 0 spiro atoms. The summed E-state index contributed by atoms with van der Waals surface area (Å²) in [4.78, 5) is 26.5. The molecule has 4 rings (SSSR count). The van der Waals surface area contributed by atoms with Crippen molar-refractivity contribution in [2.24, 2.45) is 11.8 Å². The van der Waals surface area contributed by atoms with Crippen LogP contribution in [0, 0.1) is 11.8 Å². The molecular formula is C25H28N2O3. The second kappa shape index (κ2) is 8.34. The van der Waals surface area contributed by atoms with Crippen molar-refractivity contribution in [3.8, 4) is 11.4 Å². The SMILES string of the molecule is COc1cccc(-n2cc(C(=O)N[C@@H]3CCC[C@@H](C)[C@H]3C)c3ccccc3c2=O)c1. The highest BCUT2D eigenvalue weighted by Crippen LogP contribution is 2.30. The number of hydrogen-bond donors (Lipinski definition) is 1. The number of methoxy groups -OCH3 is 1. The first kappa shape index (κ1) is 20.2. The van der Waals surface area contributed by atoms with E-state index in [0.717, 1.165) is 12.8 Å². The zero-order valence-corrected chi connectivity index (χ0v) is 17.7. The number of hydrogen-bond acceptors (Lipinski definition) is 3. The molecule has 1 heterocycles. The predicted molar refractivity (Wildman–Crippen MR) is 120 cm³/mol. The maximum atomic E-state index is 13.3. The number of ether oxygens (including phenoxy) is 1. The summed E-state index contributed by atoms with van der Waals surface area (Å²) in [5, 5.41) is 4.45. The van der Waals surface area contributed by atoms with Gasteiger partial charge in [0, 0.05) is 29.1 Å². The lowest BCUT2D eigenvalue weighted by atomic mass is 9.78. The molecule has 0 bridgehead atoms. The van der Waals surface area contributed by atoms with Gasteiger partial charge in [0.05, 0.1) is 18.4 Å². The van der Waals surface area contributed by atoms with Gasteiger partial charge in [-0.25, -0.2) is 0 Å². The third kappa shape index (κ3) is 3.72. The fourth-order valence-corrected chi connectivity index (χ4v) is 4.46. The normalized spacial score (nSPS) is 21.4. The van der Waals surface area contributed by atoms with Crippen molar-refractivity contribution in [1.29, 1.82) is 0 Å². The van der Waals surface area contributed by atoms with Crippen molar-refractivity contribution in [2.75, 3.05) is 7.11 Å². The molecule has 0 unspecified atom stereocenters. The van der Waals surface area contributed by atoms with Crippen LogP contribution in [0.4, 0.5) is 0 Å². The van der Waals surface area contributed by atoms with Crippen molar-refractivity contribution in [3.63, 3.8) is 0 Å². The number of carbonyl (C=O) groups excluding carboxylic acids is 1. The minimum absolute atomic E-state index is 0.131. The number of aromatic nitrogens is 1. The molecule has 0 radical (unpaired) electrons. The van der Waals surface area contributed by atoms with Gasteiger partial charge in [0.1, 0.15) is 5.75 Å². The molecular weight excluding hydrogens is 376 g/mol. The molecule has 156 valence electrons. The summed E-state index contributed by atoms with van der Waals surface area (Å²) >= 11 is 0. The summed E-state index contributed by atoms with van der Waals surface area (Å²) in [6, 6.07) is 14.7. The van der Waals surface area contributed by atoms with Gasteiger partial charge in [-0.3, -0.25) is 14.2 Å². The van der Waals surface area contributed by atoms with E-state index in [-0.39, 0.29) is 17.5 Å². The highest BCUT2D eigenvalue weighted by Gasteiger charge is 2.29. The summed E-state index contributed by atoms with van der Waals surface area (Å²) in [5.74, 6) is 1.54. The van der Waals surface area contributed by atoms with E-state index in [9.17, 15) is 9.59 Å². The standard InChI is InChI=1S/C25H28N2O3/c1-16-8-6-13-23(17(16)2)26-24(28)22-15-27(18-9-7-10-19(14-18)30-3)25(29)21-12-5-4-11-20(21)22/h4-5,7,9-12,14-17,23H,6,8,13H2,1-3H3,(H,26,28)/t16-,17-,23-/m1/s1. The number of pyridine rings is 1. The molecule has 1 fully saturated rings. The van der Waals surface area contributed by atoms with Crippen LogP contribution in [-0.2, 0) is 0 Å². The molecule has 5 heteroatoms. The molecule has 1 amide bonds. The van der Waals surface area contributed by atoms with Crippen LogP contribution < -0.4 is 15.6 Å². The van der Waals surface area contributed by atoms with E-state index in [1.807, 2.05) is 36.4 Å². The van der Waals surface area contributed by atoms with Gasteiger partial charge >= 0.3 is 0 Å². The monoisotopic (exact) mass is 404 g/mol. The number of benzene rings is 2. The van der Waals surface area contributed by atoms with Crippen LogP contribution in [0.3, 0.4) is 0 Å². The van der Waals surface area contributed by atoms with Crippen LogP contribution in [0.2, 0.25) is 0 Å². The lowest BCUT2D eigenvalue weighted by molar-refractivity contribution is 0.0892. The van der Waals surface area contributed by atoms with E-state index in [2.05, 4.69) is 19.2 Å². The molecule has 1 aliphatic carbocycles. The molecule has 1 aliphatic rings. The average Bonchev–Trinajstić information content (AvgIpc) is 2.77. The second-order valence-electron chi connectivity index (χ2n) is 8.31. The van der Waals surface area contributed by atoms with E-state index in [1.165, 1.54) is 11.0 Å². The second-order valence-corrected chi connectivity index (χ2v) is 8.31. The Bertz CT molecular complexity index is 1130. The largest absolute Gasteiger partial charge is 0.497 e. The predicted octanol–water partition coefficient (Wildman–Crippen LogP) is 4.55. The Hall–Kier alpha value is -3.08. The van der Waals surface area contributed by atoms with E-state index in [0.29, 0.717) is 39.6 Å². The van der Waals surface area contributed by atoms with Crippen molar-refractivity contribution >= 4 is 16.7 Å². The Morgan fingerprint density at radius 3 is 2.60 bits per heavy atom. The van der Waals surface area contributed by atoms with Gasteiger partial charge in [-0.1, -0.05) is 51.0 Å². The number of nitrogens with one attached hydrogen (secondary N) is 1. The molecule has 2 aromatic carbocycles. The van der Waals surface area contributed by atoms with Crippen LogP contribution >= 0.6 is 0 Å². The molecule has 5 nitrogen and oxygen atoms in total. The Kier molecular flexibility index (Phi) is 5.62. The summed E-state index contributed by atoms with van der Waals surface area (Å²) in [5.41, 5.74) is 1.02. The van der Waals surface area contributed by atoms with Crippen molar-refractivity contribution < 1.29 is 9.53 Å². The third-order valence-corrected chi connectivity index (χ3v) is 6.52. The Morgan fingerprint density at radius 1 is 1.07 bits per heavy atom. The topological polar surface area (TPSA) is 60.3 Å².